The zero-order valence-electron chi connectivity index (χ0n) is 16.8. The van der Waals surface area contributed by atoms with Crippen molar-refractivity contribution in [1.29, 1.82) is 0 Å². The number of hydrazone groups is 1. The van der Waals surface area contributed by atoms with Gasteiger partial charge >= 0.3 is 5.97 Å². The van der Waals surface area contributed by atoms with Crippen LogP contribution in [-0.4, -0.2) is 24.7 Å². The van der Waals surface area contributed by atoms with Crippen molar-refractivity contribution in [2.75, 3.05) is 6.61 Å². The van der Waals surface area contributed by atoms with E-state index < -0.39 is 5.97 Å². The van der Waals surface area contributed by atoms with E-state index in [1.807, 2.05) is 26.0 Å². The first kappa shape index (κ1) is 20.8. The summed E-state index contributed by atoms with van der Waals surface area (Å²) in [6.45, 7) is 4.33. The second-order valence-electron chi connectivity index (χ2n) is 6.43. The molecule has 30 heavy (non-hydrogen) atoms. The minimum Gasteiger partial charge on any atom is -0.494 e. The minimum absolute atomic E-state index is 0.273. The quantitative estimate of drug-likeness (QED) is 0.275. The van der Waals surface area contributed by atoms with E-state index >= 15 is 0 Å². The van der Waals surface area contributed by atoms with Crippen LogP contribution in [0.1, 0.15) is 38.8 Å². The summed E-state index contributed by atoms with van der Waals surface area (Å²) >= 11 is 0. The molecule has 0 saturated carbocycles. The molecule has 0 aromatic heterocycles. The Labute approximate surface area is 175 Å². The van der Waals surface area contributed by atoms with Gasteiger partial charge < -0.3 is 9.47 Å². The van der Waals surface area contributed by atoms with Crippen LogP contribution in [0.3, 0.4) is 0 Å². The number of rotatable bonds is 7. The number of esters is 1. The molecule has 0 heterocycles. The summed E-state index contributed by atoms with van der Waals surface area (Å²) in [6, 6.07) is 20.9. The number of carbonyl (C=O) groups is 2. The van der Waals surface area contributed by atoms with Crippen LogP contribution >= 0.6 is 0 Å². The highest BCUT2D eigenvalue weighted by Gasteiger charge is 2.09. The van der Waals surface area contributed by atoms with Gasteiger partial charge in [0.2, 0.25) is 0 Å². The van der Waals surface area contributed by atoms with Crippen molar-refractivity contribution >= 4 is 18.1 Å². The molecule has 6 heteroatoms. The molecule has 1 N–H and O–H groups in total. The van der Waals surface area contributed by atoms with Crippen LogP contribution in [0.2, 0.25) is 0 Å². The lowest BCUT2D eigenvalue weighted by atomic mass is 10.1. The number of nitrogens with zero attached hydrogens (tertiary/aromatic N) is 1. The largest absolute Gasteiger partial charge is 0.494 e. The van der Waals surface area contributed by atoms with Gasteiger partial charge in [-0.1, -0.05) is 18.2 Å². The van der Waals surface area contributed by atoms with E-state index in [1.54, 1.807) is 60.7 Å². The van der Waals surface area contributed by atoms with Crippen molar-refractivity contribution < 1.29 is 19.1 Å². The Balaban J connectivity index is 1.55. The van der Waals surface area contributed by atoms with Gasteiger partial charge in [0.05, 0.1) is 18.4 Å². The number of carbonyl (C=O) groups excluding carboxylic acids is 2. The second kappa shape index (κ2) is 10.0. The molecular weight excluding hydrogens is 380 g/mol. The molecule has 0 fully saturated rings. The Morgan fingerprint density at radius 3 is 2.27 bits per heavy atom. The monoisotopic (exact) mass is 402 g/mol. The van der Waals surface area contributed by atoms with Gasteiger partial charge in [-0.3, -0.25) is 4.79 Å². The molecule has 1 amide bonds. The van der Waals surface area contributed by atoms with Crippen molar-refractivity contribution in [2.45, 2.75) is 13.8 Å². The molecular formula is C24H22N2O4. The van der Waals surface area contributed by atoms with Crippen molar-refractivity contribution in [3.63, 3.8) is 0 Å². The average Bonchev–Trinajstić information content (AvgIpc) is 2.76. The number of ether oxygens (including phenoxy) is 2. The first-order valence-corrected chi connectivity index (χ1v) is 9.51. The number of benzene rings is 3. The standard InChI is InChI=1S/C24H22N2O4/c1-3-29-20-14-10-19(11-15-20)24(28)30-21-12-8-18(9-13-21)16-25-26-23(27)22-7-5-4-6-17(22)2/h4-16H,3H2,1-2H3,(H,26,27)/b25-16+. The lowest BCUT2D eigenvalue weighted by molar-refractivity contribution is 0.0734. The van der Waals surface area contributed by atoms with E-state index in [4.69, 9.17) is 9.47 Å². The maximum atomic E-state index is 12.2. The Morgan fingerprint density at radius 1 is 0.933 bits per heavy atom. The Hall–Kier alpha value is -3.93. The van der Waals surface area contributed by atoms with Gasteiger partial charge in [0.15, 0.2) is 0 Å². The molecule has 152 valence electrons. The Kier molecular flexibility index (Phi) is 6.95. The van der Waals surface area contributed by atoms with E-state index in [-0.39, 0.29) is 5.91 Å². The predicted molar refractivity (Wildman–Crippen MR) is 115 cm³/mol. The van der Waals surface area contributed by atoms with E-state index in [9.17, 15) is 9.59 Å². The number of hydrogen-bond donors (Lipinski definition) is 1. The summed E-state index contributed by atoms with van der Waals surface area (Å²) in [5, 5.41) is 3.98. The molecule has 0 aliphatic rings. The molecule has 0 spiro atoms. The highest BCUT2D eigenvalue weighted by atomic mass is 16.5. The van der Waals surface area contributed by atoms with Crippen LogP contribution < -0.4 is 14.9 Å². The smallest absolute Gasteiger partial charge is 0.343 e. The third-order valence-corrected chi connectivity index (χ3v) is 4.26. The maximum Gasteiger partial charge on any atom is 0.343 e. The SMILES string of the molecule is CCOc1ccc(C(=O)Oc2ccc(/C=N/NC(=O)c3ccccc3C)cc2)cc1. The van der Waals surface area contributed by atoms with Crippen molar-refractivity contribution in [1.82, 2.24) is 5.43 Å². The normalized spacial score (nSPS) is 10.6. The van der Waals surface area contributed by atoms with Crippen LogP contribution in [0.4, 0.5) is 0 Å². The van der Waals surface area contributed by atoms with Gasteiger partial charge in [0.1, 0.15) is 11.5 Å². The fourth-order valence-electron chi connectivity index (χ4n) is 2.70. The molecule has 6 nitrogen and oxygen atoms in total. The van der Waals surface area contributed by atoms with Gasteiger partial charge in [0, 0.05) is 5.56 Å². The summed E-state index contributed by atoms with van der Waals surface area (Å²) in [6.07, 6.45) is 1.52. The lowest BCUT2D eigenvalue weighted by Crippen LogP contribution is -2.18. The molecule has 0 saturated heterocycles. The van der Waals surface area contributed by atoms with E-state index in [1.165, 1.54) is 6.21 Å². The first-order valence-electron chi connectivity index (χ1n) is 9.51. The molecule has 0 atom stereocenters. The fraction of sp³-hybridized carbons (Fsp3) is 0.125. The van der Waals surface area contributed by atoms with Crippen LogP contribution in [-0.2, 0) is 0 Å². The van der Waals surface area contributed by atoms with Gasteiger partial charge in [-0.15, -0.1) is 0 Å². The maximum absolute atomic E-state index is 12.2. The van der Waals surface area contributed by atoms with E-state index in [2.05, 4.69) is 10.5 Å². The van der Waals surface area contributed by atoms with E-state index in [0.29, 0.717) is 29.2 Å². The summed E-state index contributed by atoms with van der Waals surface area (Å²) < 4.78 is 10.7. The third-order valence-electron chi connectivity index (χ3n) is 4.26. The van der Waals surface area contributed by atoms with Gasteiger partial charge in [-0.25, -0.2) is 10.2 Å². The topological polar surface area (TPSA) is 77.0 Å². The predicted octanol–water partition coefficient (Wildman–Crippen LogP) is 4.38. The number of aryl methyl sites for hydroxylation is 1. The molecule has 0 aliphatic carbocycles. The van der Waals surface area contributed by atoms with Crippen LogP contribution in [0.5, 0.6) is 11.5 Å². The number of hydrogen-bond acceptors (Lipinski definition) is 5. The van der Waals surface area contributed by atoms with E-state index in [0.717, 1.165) is 11.1 Å². The van der Waals surface area contributed by atoms with Gasteiger partial charge in [0.25, 0.3) is 5.91 Å². The summed E-state index contributed by atoms with van der Waals surface area (Å²) in [5.41, 5.74) is 5.14. The second-order valence-corrected chi connectivity index (χ2v) is 6.43. The summed E-state index contributed by atoms with van der Waals surface area (Å²) in [4.78, 5) is 24.4. The van der Waals surface area contributed by atoms with Crippen LogP contribution in [0.25, 0.3) is 0 Å². The molecule has 0 aliphatic heterocycles. The Bertz CT molecular complexity index is 1040. The van der Waals surface area contributed by atoms with Crippen molar-refractivity contribution in [3.8, 4) is 11.5 Å². The lowest BCUT2D eigenvalue weighted by Gasteiger charge is -2.06. The van der Waals surface area contributed by atoms with Crippen molar-refractivity contribution in [3.05, 3.63) is 95.1 Å². The molecule has 0 unspecified atom stereocenters. The minimum atomic E-state index is -0.454. The van der Waals surface area contributed by atoms with Gasteiger partial charge in [-0.2, -0.15) is 5.10 Å². The summed E-state index contributed by atoms with van der Waals surface area (Å²) in [7, 11) is 0. The molecule has 3 rings (SSSR count). The molecule has 3 aromatic rings. The highest BCUT2D eigenvalue weighted by molar-refractivity contribution is 5.96. The first-order chi connectivity index (χ1) is 14.6. The summed E-state index contributed by atoms with van der Waals surface area (Å²) in [5.74, 6) is 0.386. The van der Waals surface area contributed by atoms with Crippen LogP contribution in [0, 0.1) is 6.92 Å². The Morgan fingerprint density at radius 2 is 1.60 bits per heavy atom. The fourth-order valence-corrected chi connectivity index (χ4v) is 2.70. The van der Waals surface area contributed by atoms with Crippen molar-refractivity contribution in [2.24, 2.45) is 5.10 Å². The molecule has 0 bridgehead atoms. The van der Waals surface area contributed by atoms with Gasteiger partial charge in [-0.05, 0) is 79.6 Å². The zero-order valence-corrected chi connectivity index (χ0v) is 16.8. The van der Waals surface area contributed by atoms with Crippen LogP contribution in [0.15, 0.2) is 77.9 Å². The molecule has 0 radical (unpaired) electrons. The third kappa shape index (κ3) is 5.54. The average molecular weight is 402 g/mol. The zero-order chi connectivity index (χ0) is 21.3. The molecule has 3 aromatic carbocycles. The number of nitrogens with one attached hydrogen (secondary N) is 1. The highest BCUT2D eigenvalue weighted by Crippen LogP contribution is 2.16. The number of amides is 1.